The Hall–Kier alpha value is -3.64. The second kappa shape index (κ2) is 12.4. The Bertz CT molecular complexity index is 1210. The molecule has 194 valence electrons. The van der Waals surface area contributed by atoms with Crippen LogP contribution in [-0.2, 0) is 11.3 Å². The number of aliphatic hydroxyl groups excluding tert-OH is 2. The van der Waals surface area contributed by atoms with Gasteiger partial charge < -0.3 is 20.3 Å². The second-order valence-corrected chi connectivity index (χ2v) is 8.31. The highest BCUT2D eigenvalue weighted by Crippen LogP contribution is 2.27. The maximum Gasteiger partial charge on any atom is 0.271 e. The number of aromatic nitrogens is 4. The summed E-state index contributed by atoms with van der Waals surface area (Å²) in [6, 6.07) is 4.77. The first-order valence-corrected chi connectivity index (χ1v) is 11.6. The summed E-state index contributed by atoms with van der Waals surface area (Å²) in [5, 5.41) is 29.4. The Labute approximate surface area is 206 Å². The molecule has 12 heteroatoms. The maximum absolute atomic E-state index is 13.9. The molecule has 3 rings (SSSR count). The van der Waals surface area contributed by atoms with Crippen molar-refractivity contribution < 1.29 is 28.5 Å². The van der Waals surface area contributed by atoms with Crippen LogP contribution in [0.25, 0.3) is 0 Å². The lowest BCUT2D eigenvalue weighted by Gasteiger charge is -2.22. The van der Waals surface area contributed by atoms with E-state index in [2.05, 4.69) is 15.5 Å². The van der Waals surface area contributed by atoms with Gasteiger partial charge in [-0.3, -0.25) is 14.3 Å². The van der Waals surface area contributed by atoms with Gasteiger partial charge in [-0.1, -0.05) is 32.8 Å². The summed E-state index contributed by atoms with van der Waals surface area (Å²) in [5.41, 5.74) is -0.688. The van der Waals surface area contributed by atoms with Crippen LogP contribution in [0.1, 0.15) is 39.2 Å². The zero-order valence-electron chi connectivity index (χ0n) is 20.0. The summed E-state index contributed by atoms with van der Waals surface area (Å²) in [6.45, 7) is 3.56. The maximum atomic E-state index is 13.9. The van der Waals surface area contributed by atoms with Crippen molar-refractivity contribution >= 4 is 11.7 Å². The Kier molecular flexibility index (Phi) is 9.25. The molecule has 2 heterocycles. The van der Waals surface area contributed by atoms with E-state index in [0.717, 1.165) is 41.9 Å². The van der Waals surface area contributed by atoms with E-state index in [1.54, 1.807) is 0 Å². The summed E-state index contributed by atoms with van der Waals surface area (Å²) in [7, 11) is 0. The van der Waals surface area contributed by atoms with Gasteiger partial charge in [0.05, 0.1) is 25.5 Å². The molecule has 0 aliphatic heterocycles. The number of para-hydroxylation sites is 1. The molecule has 0 radical (unpaired) electrons. The number of nitrogens with one attached hydrogen (secondary N) is 1. The third-order valence-electron chi connectivity index (χ3n) is 5.75. The summed E-state index contributed by atoms with van der Waals surface area (Å²) in [4.78, 5) is 26.1. The predicted molar refractivity (Wildman–Crippen MR) is 127 cm³/mol. The number of ether oxygens (including phenoxy) is 1. The van der Waals surface area contributed by atoms with Crippen LogP contribution in [0.4, 0.5) is 14.6 Å². The summed E-state index contributed by atoms with van der Waals surface area (Å²) in [5.74, 6) is -2.92. The number of hydrogen-bond donors (Lipinski definition) is 3. The van der Waals surface area contributed by atoms with E-state index >= 15 is 0 Å². The van der Waals surface area contributed by atoms with Crippen molar-refractivity contribution in [3.63, 3.8) is 0 Å². The van der Waals surface area contributed by atoms with Gasteiger partial charge in [0.1, 0.15) is 6.04 Å². The number of rotatable bonds is 12. The molecular weight excluding hydrogens is 476 g/mol. The zero-order chi connectivity index (χ0) is 26.2. The van der Waals surface area contributed by atoms with E-state index in [0.29, 0.717) is 6.42 Å². The lowest BCUT2D eigenvalue weighted by molar-refractivity contribution is -0.120. The lowest BCUT2D eigenvalue weighted by Crippen LogP contribution is -2.36. The molecule has 3 aromatic rings. The molecule has 1 unspecified atom stereocenters. The molecule has 2 atom stereocenters. The van der Waals surface area contributed by atoms with E-state index in [-0.39, 0.29) is 24.0 Å². The first-order valence-electron chi connectivity index (χ1n) is 11.6. The van der Waals surface area contributed by atoms with Crippen LogP contribution < -0.4 is 15.6 Å². The molecule has 0 fully saturated rings. The highest BCUT2D eigenvalue weighted by Gasteiger charge is 2.27. The third-order valence-corrected chi connectivity index (χ3v) is 5.75. The van der Waals surface area contributed by atoms with E-state index in [1.165, 1.54) is 23.0 Å². The van der Waals surface area contributed by atoms with Gasteiger partial charge in [0, 0.05) is 18.3 Å². The number of nitrogens with zero attached hydrogens (tertiary/aromatic N) is 4. The SMILES string of the molecule is CCC(CC)CC(C(=O)Nc1ccn(C[C@@H](O)CO)n1)n1ncc(Oc2c(F)cccc2F)cc1=O. The average Bonchev–Trinajstić information content (AvgIpc) is 3.29. The number of hydrogen-bond acceptors (Lipinski definition) is 7. The van der Waals surface area contributed by atoms with Crippen LogP contribution in [0.3, 0.4) is 0 Å². The zero-order valence-corrected chi connectivity index (χ0v) is 20.0. The molecule has 0 bridgehead atoms. The van der Waals surface area contributed by atoms with Crippen molar-refractivity contribution in [3.8, 4) is 11.5 Å². The van der Waals surface area contributed by atoms with Gasteiger partial charge in [-0.15, -0.1) is 0 Å². The van der Waals surface area contributed by atoms with Gasteiger partial charge in [-0.2, -0.15) is 10.2 Å². The average molecular weight is 506 g/mol. The monoisotopic (exact) mass is 505 g/mol. The van der Waals surface area contributed by atoms with Crippen molar-refractivity contribution in [2.45, 2.75) is 51.8 Å². The fraction of sp³-hybridized carbons (Fsp3) is 0.417. The van der Waals surface area contributed by atoms with Gasteiger partial charge >= 0.3 is 0 Å². The molecule has 0 saturated carbocycles. The molecule has 1 amide bonds. The summed E-state index contributed by atoms with van der Waals surface area (Å²) < 4.78 is 35.4. The van der Waals surface area contributed by atoms with Gasteiger partial charge in [0.15, 0.2) is 29.0 Å². The Morgan fingerprint density at radius 1 is 1.19 bits per heavy atom. The molecule has 1 aromatic carbocycles. The number of benzene rings is 1. The van der Waals surface area contributed by atoms with Crippen molar-refractivity contribution in [2.24, 2.45) is 5.92 Å². The molecular formula is C24H29F2N5O5. The Balaban J connectivity index is 1.85. The standard InChI is InChI=1S/C24H29F2N5O5/c1-3-15(4-2)10-20(24(35)28-21-8-9-30(29-21)13-16(33)14-32)31-22(34)11-17(12-27-31)36-23-18(25)6-5-7-19(23)26/h5-9,11-12,15-16,20,32-33H,3-4,10,13-14H2,1-2H3,(H,28,29,35)/t16-,20?/m1/s1. The van der Waals surface area contributed by atoms with Crippen LogP contribution >= 0.6 is 0 Å². The summed E-state index contributed by atoms with van der Waals surface area (Å²) >= 11 is 0. The second-order valence-electron chi connectivity index (χ2n) is 8.31. The number of aliphatic hydroxyl groups is 2. The highest BCUT2D eigenvalue weighted by molar-refractivity contribution is 5.92. The van der Waals surface area contributed by atoms with Crippen LogP contribution in [0.5, 0.6) is 11.5 Å². The fourth-order valence-corrected chi connectivity index (χ4v) is 3.66. The third kappa shape index (κ3) is 6.73. The lowest BCUT2D eigenvalue weighted by atomic mass is 9.94. The first-order chi connectivity index (χ1) is 17.2. The quantitative estimate of drug-likeness (QED) is 0.345. The number of amides is 1. The number of anilines is 1. The fourth-order valence-electron chi connectivity index (χ4n) is 3.66. The molecule has 0 aliphatic rings. The Morgan fingerprint density at radius 2 is 1.89 bits per heavy atom. The van der Waals surface area contributed by atoms with Crippen molar-refractivity contribution in [2.75, 3.05) is 11.9 Å². The molecule has 2 aromatic heterocycles. The number of halogens is 2. The van der Waals surface area contributed by atoms with Crippen LogP contribution in [0, 0.1) is 17.6 Å². The molecule has 10 nitrogen and oxygen atoms in total. The topological polar surface area (TPSA) is 132 Å². The molecule has 3 N–H and O–H groups in total. The van der Waals surface area contributed by atoms with E-state index < -0.39 is 47.6 Å². The van der Waals surface area contributed by atoms with Crippen LogP contribution in [0.15, 0.2) is 47.5 Å². The minimum atomic E-state index is -1.00. The first kappa shape index (κ1) is 27.0. The smallest absolute Gasteiger partial charge is 0.271 e. The molecule has 0 aliphatic carbocycles. The normalized spacial score (nSPS) is 13.0. The summed E-state index contributed by atoms with van der Waals surface area (Å²) in [6.07, 6.45) is 3.51. The minimum Gasteiger partial charge on any atom is -0.449 e. The highest BCUT2D eigenvalue weighted by atomic mass is 19.1. The van der Waals surface area contributed by atoms with Gasteiger partial charge in [-0.05, 0) is 24.5 Å². The predicted octanol–water partition coefficient (Wildman–Crippen LogP) is 2.87. The van der Waals surface area contributed by atoms with E-state index in [4.69, 9.17) is 9.84 Å². The van der Waals surface area contributed by atoms with E-state index in [1.807, 2.05) is 13.8 Å². The van der Waals surface area contributed by atoms with E-state index in [9.17, 15) is 23.5 Å². The largest absolute Gasteiger partial charge is 0.449 e. The molecule has 36 heavy (non-hydrogen) atoms. The van der Waals surface area contributed by atoms with Gasteiger partial charge in [-0.25, -0.2) is 13.5 Å². The minimum absolute atomic E-state index is 0.0363. The van der Waals surface area contributed by atoms with Crippen LogP contribution in [0.2, 0.25) is 0 Å². The van der Waals surface area contributed by atoms with Crippen molar-refractivity contribution in [1.82, 2.24) is 19.6 Å². The number of carbonyl (C=O) groups is 1. The molecule has 0 saturated heterocycles. The molecule has 0 spiro atoms. The van der Waals surface area contributed by atoms with Crippen molar-refractivity contribution in [3.05, 3.63) is 64.7 Å². The Morgan fingerprint density at radius 3 is 2.50 bits per heavy atom. The van der Waals surface area contributed by atoms with Crippen molar-refractivity contribution in [1.29, 1.82) is 0 Å². The number of carbonyl (C=O) groups excluding carboxylic acids is 1. The van der Waals surface area contributed by atoms with Gasteiger partial charge in [0.2, 0.25) is 0 Å². The van der Waals surface area contributed by atoms with Crippen LogP contribution in [-0.4, -0.2) is 48.4 Å². The van der Waals surface area contributed by atoms with Gasteiger partial charge in [0.25, 0.3) is 11.5 Å².